The van der Waals surface area contributed by atoms with Crippen molar-refractivity contribution in [1.29, 1.82) is 0 Å². The van der Waals surface area contributed by atoms with E-state index in [1.54, 1.807) is 24.8 Å². The van der Waals surface area contributed by atoms with Crippen LogP contribution in [0.4, 0.5) is 0 Å². The van der Waals surface area contributed by atoms with Gasteiger partial charge in [0.1, 0.15) is 11.3 Å². The van der Waals surface area contributed by atoms with Gasteiger partial charge in [-0.1, -0.05) is 11.6 Å². The van der Waals surface area contributed by atoms with E-state index in [2.05, 4.69) is 15.0 Å². The molecule has 3 heterocycles. The first-order valence-electron chi connectivity index (χ1n) is 4.74. The highest BCUT2D eigenvalue weighted by Gasteiger charge is 2.08. The molecule has 78 valence electrons. The average molecular weight is 231 g/mol. The number of fused-ring (bicyclic) bond motifs is 1. The maximum atomic E-state index is 5.97. The molecule has 3 aromatic rings. The van der Waals surface area contributed by atoms with Crippen molar-refractivity contribution in [1.82, 2.24) is 19.4 Å². The minimum atomic E-state index is 0.449. The van der Waals surface area contributed by atoms with Crippen molar-refractivity contribution in [2.75, 3.05) is 0 Å². The fraction of sp³-hybridized carbons (Fsp3) is 0. The summed E-state index contributed by atoms with van der Waals surface area (Å²) in [5.41, 5.74) is 1.74. The van der Waals surface area contributed by atoms with Crippen LogP contribution in [0.2, 0.25) is 5.15 Å². The van der Waals surface area contributed by atoms with Crippen LogP contribution in [0.1, 0.15) is 0 Å². The molecule has 0 amide bonds. The predicted molar refractivity (Wildman–Crippen MR) is 61.2 cm³/mol. The lowest BCUT2D eigenvalue weighted by Crippen LogP contribution is -1.90. The highest BCUT2D eigenvalue weighted by atomic mass is 35.5. The summed E-state index contributed by atoms with van der Waals surface area (Å²) in [6.07, 6.45) is 8.68. The normalized spacial score (nSPS) is 10.8. The molecular formula is C11H7ClN4. The molecule has 3 aromatic heterocycles. The summed E-state index contributed by atoms with van der Waals surface area (Å²) in [6, 6.07) is 3.83. The maximum Gasteiger partial charge on any atom is 0.154 e. The van der Waals surface area contributed by atoms with Gasteiger partial charge in [-0.25, -0.2) is 9.97 Å². The number of halogens is 1. The topological polar surface area (TPSA) is 43.1 Å². The van der Waals surface area contributed by atoms with E-state index < -0.39 is 0 Å². The molecule has 0 radical (unpaired) electrons. The summed E-state index contributed by atoms with van der Waals surface area (Å²) >= 11 is 5.97. The smallest absolute Gasteiger partial charge is 0.154 e. The van der Waals surface area contributed by atoms with E-state index >= 15 is 0 Å². The Hall–Kier alpha value is -1.94. The van der Waals surface area contributed by atoms with Gasteiger partial charge in [0.15, 0.2) is 5.15 Å². The SMILES string of the molecule is Clc1nccn2c(-c3cccnc3)ncc12. The molecule has 0 spiro atoms. The van der Waals surface area contributed by atoms with Crippen molar-refractivity contribution in [2.45, 2.75) is 0 Å². The third-order valence-electron chi connectivity index (χ3n) is 2.33. The highest BCUT2D eigenvalue weighted by molar-refractivity contribution is 6.32. The van der Waals surface area contributed by atoms with E-state index in [-0.39, 0.29) is 0 Å². The van der Waals surface area contributed by atoms with Crippen molar-refractivity contribution >= 4 is 17.1 Å². The molecule has 0 saturated heterocycles. The van der Waals surface area contributed by atoms with Gasteiger partial charge >= 0.3 is 0 Å². The van der Waals surface area contributed by atoms with Gasteiger partial charge in [0.05, 0.1) is 6.20 Å². The quantitative estimate of drug-likeness (QED) is 0.645. The Kier molecular flexibility index (Phi) is 2.08. The second kappa shape index (κ2) is 3.57. The Morgan fingerprint density at radius 3 is 2.88 bits per heavy atom. The summed E-state index contributed by atoms with van der Waals surface area (Å²) in [6.45, 7) is 0. The second-order valence-corrected chi connectivity index (χ2v) is 3.65. The van der Waals surface area contributed by atoms with E-state index in [0.717, 1.165) is 16.9 Å². The van der Waals surface area contributed by atoms with Crippen LogP contribution in [-0.2, 0) is 0 Å². The van der Waals surface area contributed by atoms with E-state index in [0.29, 0.717) is 5.15 Å². The lowest BCUT2D eigenvalue weighted by molar-refractivity contribution is 1.12. The number of imidazole rings is 1. The number of rotatable bonds is 1. The highest BCUT2D eigenvalue weighted by Crippen LogP contribution is 2.21. The van der Waals surface area contributed by atoms with E-state index in [1.165, 1.54) is 0 Å². The Labute approximate surface area is 96.6 Å². The summed E-state index contributed by atoms with van der Waals surface area (Å²) in [5.74, 6) is 0.812. The number of hydrogen-bond acceptors (Lipinski definition) is 3. The largest absolute Gasteiger partial charge is 0.295 e. The number of nitrogens with zero attached hydrogens (tertiary/aromatic N) is 4. The lowest BCUT2D eigenvalue weighted by Gasteiger charge is -2.00. The molecule has 0 unspecified atom stereocenters. The molecule has 0 bridgehead atoms. The van der Waals surface area contributed by atoms with Gasteiger partial charge in [-0.05, 0) is 12.1 Å². The number of aromatic nitrogens is 4. The number of pyridine rings is 1. The first kappa shape index (κ1) is 9.30. The van der Waals surface area contributed by atoms with Crippen molar-refractivity contribution in [3.8, 4) is 11.4 Å². The molecular weight excluding hydrogens is 224 g/mol. The molecule has 3 rings (SSSR count). The zero-order valence-corrected chi connectivity index (χ0v) is 8.96. The minimum Gasteiger partial charge on any atom is -0.295 e. The molecule has 0 aromatic carbocycles. The van der Waals surface area contributed by atoms with Crippen LogP contribution in [0.5, 0.6) is 0 Å². The molecule has 0 aliphatic carbocycles. The summed E-state index contributed by atoms with van der Waals surface area (Å²) in [7, 11) is 0. The fourth-order valence-corrected chi connectivity index (χ4v) is 1.80. The van der Waals surface area contributed by atoms with Gasteiger partial charge in [0, 0.05) is 30.4 Å². The monoisotopic (exact) mass is 230 g/mol. The Bertz CT molecular complexity index is 633. The van der Waals surface area contributed by atoms with Crippen molar-refractivity contribution in [3.63, 3.8) is 0 Å². The average Bonchev–Trinajstić information content (AvgIpc) is 2.75. The zero-order chi connectivity index (χ0) is 11.0. The summed E-state index contributed by atoms with van der Waals surface area (Å²) < 4.78 is 1.90. The molecule has 0 N–H and O–H groups in total. The third kappa shape index (κ3) is 1.35. The third-order valence-corrected chi connectivity index (χ3v) is 2.62. The Morgan fingerprint density at radius 2 is 2.06 bits per heavy atom. The molecule has 0 aliphatic rings. The van der Waals surface area contributed by atoms with Gasteiger partial charge in [-0.3, -0.25) is 9.38 Å². The van der Waals surface area contributed by atoms with E-state index in [4.69, 9.17) is 11.6 Å². The van der Waals surface area contributed by atoms with Gasteiger partial charge in [-0.15, -0.1) is 0 Å². The van der Waals surface area contributed by atoms with Crippen LogP contribution in [0, 0.1) is 0 Å². The molecule has 0 saturated carbocycles. The number of hydrogen-bond donors (Lipinski definition) is 0. The lowest BCUT2D eigenvalue weighted by atomic mass is 10.3. The molecule has 0 fully saturated rings. The molecule has 4 nitrogen and oxygen atoms in total. The Balaban J connectivity index is 2.30. The van der Waals surface area contributed by atoms with Crippen LogP contribution < -0.4 is 0 Å². The van der Waals surface area contributed by atoms with Crippen LogP contribution in [-0.4, -0.2) is 19.4 Å². The first-order chi connectivity index (χ1) is 7.86. The summed E-state index contributed by atoms with van der Waals surface area (Å²) in [5, 5.41) is 0.449. The van der Waals surface area contributed by atoms with Gasteiger partial charge in [0.25, 0.3) is 0 Å². The van der Waals surface area contributed by atoms with E-state index in [1.807, 2.05) is 22.7 Å². The van der Waals surface area contributed by atoms with Crippen molar-refractivity contribution in [3.05, 3.63) is 48.3 Å². The second-order valence-electron chi connectivity index (χ2n) is 3.30. The Morgan fingerprint density at radius 1 is 1.12 bits per heavy atom. The van der Waals surface area contributed by atoms with E-state index in [9.17, 15) is 0 Å². The van der Waals surface area contributed by atoms with Crippen molar-refractivity contribution < 1.29 is 0 Å². The standard InChI is InChI=1S/C11H7ClN4/c12-10-9-7-15-11(16(9)5-4-14-10)8-2-1-3-13-6-8/h1-7H. The maximum absolute atomic E-state index is 5.97. The van der Waals surface area contributed by atoms with Crippen LogP contribution in [0.25, 0.3) is 16.9 Å². The molecule has 0 atom stereocenters. The fourth-order valence-electron chi connectivity index (χ4n) is 1.60. The molecule has 16 heavy (non-hydrogen) atoms. The van der Waals surface area contributed by atoms with Gasteiger partial charge < -0.3 is 0 Å². The molecule has 5 heteroatoms. The molecule has 0 aliphatic heterocycles. The zero-order valence-electron chi connectivity index (χ0n) is 8.21. The van der Waals surface area contributed by atoms with Crippen LogP contribution in [0.3, 0.4) is 0 Å². The van der Waals surface area contributed by atoms with Crippen LogP contribution in [0.15, 0.2) is 43.1 Å². The first-order valence-corrected chi connectivity index (χ1v) is 5.12. The van der Waals surface area contributed by atoms with Gasteiger partial charge in [0.2, 0.25) is 0 Å². The minimum absolute atomic E-state index is 0.449. The van der Waals surface area contributed by atoms with Crippen molar-refractivity contribution in [2.24, 2.45) is 0 Å². The predicted octanol–water partition coefficient (Wildman–Crippen LogP) is 2.44. The summed E-state index contributed by atoms with van der Waals surface area (Å²) in [4.78, 5) is 12.4. The van der Waals surface area contributed by atoms with Crippen LogP contribution >= 0.6 is 11.6 Å². The van der Waals surface area contributed by atoms with Gasteiger partial charge in [-0.2, -0.15) is 0 Å².